The van der Waals surface area contributed by atoms with E-state index in [4.69, 9.17) is 14.2 Å². The average Bonchev–Trinajstić information content (AvgIpc) is 3.37. The largest absolute Gasteiger partial charge is 0.478 e. The van der Waals surface area contributed by atoms with E-state index in [9.17, 15) is 0 Å². The van der Waals surface area contributed by atoms with Crippen LogP contribution in [0.2, 0.25) is 0 Å². The fourth-order valence-electron chi connectivity index (χ4n) is 7.51. The lowest BCUT2D eigenvalue weighted by Crippen LogP contribution is -2.60. The van der Waals surface area contributed by atoms with Gasteiger partial charge in [0.15, 0.2) is 6.29 Å². The number of hydrogen-bond acceptors (Lipinski definition) is 5. The first-order valence-corrected chi connectivity index (χ1v) is 13.7. The molecule has 0 spiro atoms. The number of unbranched alkanes of at least 4 members (excludes halogenated alkanes) is 1. The fourth-order valence-corrected chi connectivity index (χ4v) is 7.51. The number of nitrogens with zero attached hydrogens (tertiary/aromatic N) is 2. The van der Waals surface area contributed by atoms with Gasteiger partial charge in [0.2, 0.25) is 5.88 Å². The molecule has 33 heavy (non-hydrogen) atoms. The maximum Gasteiger partial charge on any atom is 0.216 e. The highest BCUT2D eigenvalue weighted by molar-refractivity contribution is 5.07. The predicted octanol–water partition coefficient (Wildman–Crippen LogP) is 6.82. The van der Waals surface area contributed by atoms with Crippen molar-refractivity contribution in [1.29, 1.82) is 0 Å². The van der Waals surface area contributed by atoms with Gasteiger partial charge >= 0.3 is 0 Å². The molecule has 2 heterocycles. The lowest BCUT2D eigenvalue weighted by molar-refractivity contribution is -0.315. The first kappa shape index (κ1) is 24.9. The molecular formula is C28H46N2O3. The van der Waals surface area contributed by atoms with Crippen LogP contribution in [0.25, 0.3) is 0 Å². The van der Waals surface area contributed by atoms with Gasteiger partial charge < -0.3 is 14.2 Å². The highest BCUT2D eigenvalue weighted by Crippen LogP contribution is 2.60. The molecule has 1 saturated heterocycles. The number of hydrogen-bond donors (Lipinski definition) is 0. The molecule has 3 aliphatic rings. The zero-order valence-corrected chi connectivity index (χ0v) is 21.4. The summed E-state index contributed by atoms with van der Waals surface area (Å²) in [5.74, 6) is 2.51. The van der Waals surface area contributed by atoms with E-state index in [0.29, 0.717) is 36.3 Å². The van der Waals surface area contributed by atoms with Crippen LogP contribution in [0.15, 0.2) is 18.6 Å². The van der Waals surface area contributed by atoms with E-state index in [1.165, 1.54) is 57.8 Å². The summed E-state index contributed by atoms with van der Waals surface area (Å²) in [6.45, 7) is 11.3. The molecule has 2 saturated carbocycles. The Balaban J connectivity index is 1.47. The van der Waals surface area contributed by atoms with Crippen LogP contribution in [0.3, 0.4) is 0 Å². The third-order valence-corrected chi connectivity index (χ3v) is 9.46. The van der Waals surface area contributed by atoms with Gasteiger partial charge in [-0.2, -0.15) is 0 Å². The third-order valence-electron chi connectivity index (χ3n) is 9.46. The van der Waals surface area contributed by atoms with E-state index in [1.807, 2.05) is 6.07 Å². The van der Waals surface area contributed by atoms with Crippen LogP contribution in [0.1, 0.15) is 98.3 Å². The molecule has 0 bridgehead atoms. The first-order chi connectivity index (χ1) is 16.0. The molecule has 5 heteroatoms. The van der Waals surface area contributed by atoms with Crippen molar-refractivity contribution in [1.82, 2.24) is 9.97 Å². The van der Waals surface area contributed by atoms with E-state index >= 15 is 0 Å². The molecule has 5 nitrogen and oxygen atoms in total. The van der Waals surface area contributed by atoms with E-state index in [-0.39, 0.29) is 17.1 Å². The monoisotopic (exact) mass is 458 g/mol. The Hall–Kier alpha value is -1.20. The maximum atomic E-state index is 6.77. The summed E-state index contributed by atoms with van der Waals surface area (Å²) in [6.07, 6.45) is 17.3. The number of ether oxygens (including phenoxy) is 3. The molecule has 186 valence electrons. The average molecular weight is 459 g/mol. The van der Waals surface area contributed by atoms with Gasteiger partial charge in [-0.25, -0.2) is 9.97 Å². The van der Waals surface area contributed by atoms with Gasteiger partial charge in [-0.15, -0.1) is 0 Å². The van der Waals surface area contributed by atoms with E-state index in [1.54, 1.807) is 12.5 Å². The second kappa shape index (κ2) is 11.0. The van der Waals surface area contributed by atoms with Crippen molar-refractivity contribution in [3.63, 3.8) is 0 Å². The molecule has 3 fully saturated rings. The van der Waals surface area contributed by atoms with Crippen molar-refractivity contribution >= 4 is 0 Å². The molecule has 0 N–H and O–H groups in total. The minimum absolute atomic E-state index is 0.0324. The van der Waals surface area contributed by atoms with E-state index < -0.39 is 0 Å². The van der Waals surface area contributed by atoms with Gasteiger partial charge in [-0.1, -0.05) is 59.8 Å². The fraction of sp³-hybridized carbons (Fsp3) is 0.857. The van der Waals surface area contributed by atoms with Crippen LogP contribution in [-0.2, 0) is 9.47 Å². The summed E-state index contributed by atoms with van der Waals surface area (Å²) >= 11 is 0. The highest BCUT2D eigenvalue weighted by Gasteiger charge is 2.58. The molecule has 0 aromatic carbocycles. The van der Waals surface area contributed by atoms with Crippen molar-refractivity contribution < 1.29 is 14.2 Å². The molecule has 1 aromatic heterocycles. The molecule has 0 amide bonds. The van der Waals surface area contributed by atoms with Gasteiger partial charge in [-0.05, 0) is 55.8 Å². The Labute approximate surface area is 201 Å². The van der Waals surface area contributed by atoms with Crippen LogP contribution in [-0.4, -0.2) is 35.6 Å². The van der Waals surface area contributed by atoms with Crippen molar-refractivity contribution in [2.45, 2.75) is 111 Å². The Morgan fingerprint density at radius 1 is 1.18 bits per heavy atom. The standard InChI is InChI=1S/C28H46N2O3/c1-5-7-12-23-27(3,22(6-2)15-18-31-25-14-17-29-20-30-25)16-13-24-28(23,4)19-32-26(33-24)21-10-8-9-11-21/h14,17,20-24,26H,5-13,15-16,18-19H2,1-4H3/t22-,23?,24+,26+,27-,28-/m0/s1. The lowest BCUT2D eigenvalue weighted by Gasteiger charge is -2.61. The minimum atomic E-state index is 0.0324. The normalized spacial score (nSPS) is 35.8. The van der Waals surface area contributed by atoms with Crippen molar-refractivity contribution in [3.05, 3.63) is 18.6 Å². The molecular weight excluding hydrogens is 412 g/mol. The SMILES string of the molecule is CCCCC1[C@]2(C)CO[C@@H](C3CCCC3)O[C@@H]2CC[C@@]1(C)[C@@H](CC)CCOc1ccncn1. The summed E-state index contributed by atoms with van der Waals surface area (Å²) in [5, 5.41) is 0. The zero-order chi connectivity index (χ0) is 23.3. The second-order valence-electron chi connectivity index (χ2n) is 11.4. The molecule has 6 atom stereocenters. The Bertz CT molecular complexity index is 725. The molecule has 1 unspecified atom stereocenters. The first-order valence-electron chi connectivity index (χ1n) is 13.7. The van der Waals surface area contributed by atoms with Gasteiger partial charge in [0.25, 0.3) is 0 Å². The third kappa shape index (κ3) is 5.24. The number of rotatable bonds is 10. The Morgan fingerprint density at radius 3 is 2.70 bits per heavy atom. The number of fused-ring (bicyclic) bond motifs is 1. The highest BCUT2D eigenvalue weighted by atomic mass is 16.7. The molecule has 2 aliphatic carbocycles. The minimum Gasteiger partial charge on any atom is -0.478 e. The van der Waals surface area contributed by atoms with Crippen LogP contribution >= 0.6 is 0 Å². The van der Waals surface area contributed by atoms with E-state index in [2.05, 4.69) is 37.7 Å². The van der Waals surface area contributed by atoms with Crippen molar-refractivity contribution in [2.24, 2.45) is 28.6 Å². The summed E-state index contributed by atoms with van der Waals surface area (Å²) in [7, 11) is 0. The van der Waals surface area contributed by atoms with Crippen LogP contribution < -0.4 is 4.74 Å². The summed E-state index contributed by atoms with van der Waals surface area (Å²) in [5.41, 5.74) is 0.370. The van der Waals surface area contributed by atoms with Gasteiger partial charge in [0.05, 0.1) is 19.3 Å². The van der Waals surface area contributed by atoms with Gasteiger partial charge in [0.1, 0.15) is 6.33 Å². The van der Waals surface area contributed by atoms with Gasteiger partial charge in [0, 0.05) is 23.6 Å². The van der Waals surface area contributed by atoms with Crippen molar-refractivity contribution in [2.75, 3.05) is 13.2 Å². The molecule has 0 radical (unpaired) electrons. The summed E-state index contributed by atoms with van der Waals surface area (Å²) in [6, 6.07) is 1.84. The van der Waals surface area contributed by atoms with Crippen LogP contribution in [0, 0.1) is 28.6 Å². The maximum absolute atomic E-state index is 6.77. The molecule has 4 rings (SSSR count). The second-order valence-corrected chi connectivity index (χ2v) is 11.4. The molecule has 1 aliphatic heterocycles. The van der Waals surface area contributed by atoms with Gasteiger partial charge in [-0.3, -0.25) is 0 Å². The number of aromatic nitrogens is 2. The Morgan fingerprint density at radius 2 is 2.00 bits per heavy atom. The predicted molar refractivity (Wildman–Crippen MR) is 131 cm³/mol. The lowest BCUT2D eigenvalue weighted by atomic mass is 9.49. The summed E-state index contributed by atoms with van der Waals surface area (Å²) < 4.78 is 19.3. The van der Waals surface area contributed by atoms with Crippen LogP contribution in [0.4, 0.5) is 0 Å². The smallest absolute Gasteiger partial charge is 0.216 e. The van der Waals surface area contributed by atoms with Crippen LogP contribution in [0.5, 0.6) is 5.88 Å². The van der Waals surface area contributed by atoms with Crippen molar-refractivity contribution in [3.8, 4) is 5.88 Å². The Kier molecular flexibility index (Phi) is 8.32. The zero-order valence-electron chi connectivity index (χ0n) is 21.4. The quantitative estimate of drug-likeness (QED) is 0.385. The topological polar surface area (TPSA) is 53.5 Å². The summed E-state index contributed by atoms with van der Waals surface area (Å²) in [4.78, 5) is 8.21. The van der Waals surface area contributed by atoms with E-state index in [0.717, 1.165) is 19.4 Å². The molecule has 1 aromatic rings.